The zero-order valence-corrected chi connectivity index (χ0v) is 12.9. The molecule has 0 spiro atoms. The van der Waals surface area contributed by atoms with Crippen molar-refractivity contribution in [2.45, 2.75) is 52.1 Å². The average molecular weight is 289 g/mol. The molecule has 0 saturated carbocycles. The molecule has 1 aliphatic heterocycles. The maximum absolute atomic E-state index is 12.2. The molecule has 2 rings (SSSR count). The fourth-order valence-electron chi connectivity index (χ4n) is 3.13. The third-order valence-electron chi connectivity index (χ3n) is 4.24. The van der Waals surface area contributed by atoms with Crippen molar-refractivity contribution in [2.24, 2.45) is 5.92 Å². The van der Waals surface area contributed by atoms with E-state index in [-0.39, 0.29) is 18.0 Å². The first-order valence-corrected chi connectivity index (χ1v) is 7.58. The second-order valence-corrected chi connectivity index (χ2v) is 5.92. The summed E-state index contributed by atoms with van der Waals surface area (Å²) < 4.78 is 0. The van der Waals surface area contributed by atoms with Crippen LogP contribution in [0.25, 0.3) is 0 Å². The van der Waals surface area contributed by atoms with E-state index in [9.17, 15) is 14.7 Å². The van der Waals surface area contributed by atoms with E-state index < -0.39 is 11.9 Å². The van der Waals surface area contributed by atoms with Gasteiger partial charge in [0.25, 0.3) is 0 Å². The molecule has 1 fully saturated rings. The molecular weight excluding hydrogens is 266 g/mol. The number of hydrogen-bond acceptors (Lipinski definition) is 2. The number of likely N-dealkylation sites (tertiary alicyclic amines) is 1. The zero-order chi connectivity index (χ0) is 15.6. The number of benzene rings is 1. The van der Waals surface area contributed by atoms with Crippen LogP contribution in [0.2, 0.25) is 0 Å². The summed E-state index contributed by atoms with van der Waals surface area (Å²) in [5.74, 6) is -1.30. The molecule has 2 unspecified atom stereocenters. The van der Waals surface area contributed by atoms with Crippen molar-refractivity contribution >= 4 is 11.9 Å². The molecule has 4 heteroatoms. The molecule has 21 heavy (non-hydrogen) atoms. The van der Waals surface area contributed by atoms with Gasteiger partial charge < -0.3 is 10.0 Å². The Morgan fingerprint density at radius 1 is 1.33 bits per heavy atom. The smallest absolute Gasteiger partial charge is 0.308 e. The van der Waals surface area contributed by atoms with Gasteiger partial charge in [-0.3, -0.25) is 9.59 Å². The van der Waals surface area contributed by atoms with Gasteiger partial charge >= 0.3 is 5.97 Å². The Bertz CT molecular complexity index is 521. The van der Waals surface area contributed by atoms with Gasteiger partial charge in [-0.25, -0.2) is 0 Å². The van der Waals surface area contributed by atoms with E-state index in [1.165, 1.54) is 5.56 Å². The third kappa shape index (κ3) is 3.09. The quantitative estimate of drug-likeness (QED) is 0.927. The normalized spacial score (nSPS) is 22.7. The van der Waals surface area contributed by atoms with Gasteiger partial charge in [-0.2, -0.15) is 0 Å². The van der Waals surface area contributed by atoms with Gasteiger partial charge in [-0.05, 0) is 37.8 Å². The Morgan fingerprint density at radius 3 is 2.43 bits per heavy atom. The Morgan fingerprint density at radius 2 is 1.95 bits per heavy atom. The van der Waals surface area contributed by atoms with Gasteiger partial charge in [0.2, 0.25) is 5.91 Å². The van der Waals surface area contributed by atoms with Crippen molar-refractivity contribution in [3.63, 3.8) is 0 Å². The average Bonchev–Trinajstić information content (AvgIpc) is 2.46. The van der Waals surface area contributed by atoms with Crippen molar-refractivity contribution < 1.29 is 14.7 Å². The van der Waals surface area contributed by atoms with Gasteiger partial charge in [0.1, 0.15) is 0 Å². The highest BCUT2D eigenvalue weighted by Crippen LogP contribution is 2.38. The van der Waals surface area contributed by atoms with E-state index >= 15 is 0 Å². The minimum absolute atomic E-state index is 0.00417. The second-order valence-electron chi connectivity index (χ2n) is 5.92. The van der Waals surface area contributed by atoms with Crippen LogP contribution in [-0.2, 0) is 16.0 Å². The van der Waals surface area contributed by atoms with Gasteiger partial charge in [0.15, 0.2) is 0 Å². The van der Waals surface area contributed by atoms with Gasteiger partial charge in [0.05, 0.1) is 12.0 Å². The molecule has 2 atom stereocenters. The van der Waals surface area contributed by atoms with E-state index in [1.807, 2.05) is 38.1 Å². The maximum Gasteiger partial charge on any atom is 0.308 e. The number of aliphatic carboxylic acids is 1. The minimum Gasteiger partial charge on any atom is -0.481 e. The van der Waals surface area contributed by atoms with Crippen LogP contribution in [0.4, 0.5) is 0 Å². The lowest BCUT2D eigenvalue weighted by atomic mass is 9.83. The van der Waals surface area contributed by atoms with Crippen LogP contribution in [0.5, 0.6) is 0 Å². The number of carbonyl (C=O) groups excluding carboxylic acids is 1. The molecule has 114 valence electrons. The van der Waals surface area contributed by atoms with Crippen LogP contribution >= 0.6 is 0 Å². The van der Waals surface area contributed by atoms with Crippen LogP contribution in [0.3, 0.4) is 0 Å². The lowest BCUT2D eigenvalue weighted by molar-refractivity contribution is -0.153. The van der Waals surface area contributed by atoms with Crippen LogP contribution in [-0.4, -0.2) is 27.9 Å². The number of piperidine rings is 1. The van der Waals surface area contributed by atoms with E-state index in [0.29, 0.717) is 12.8 Å². The third-order valence-corrected chi connectivity index (χ3v) is 4.24. The van der Waals surface area contributed by atoms with E-state index in [0.717, 1.165) is 12.0 Å². The minimum atomic E-state index is -0.822. The predicted molar refractivity (Wildman–Crippen MR) is 80.9 cm³/mol. The fraction of sp³-hybridized carbons (Fsp3) is 0.529. The summed E-state index contributed by atoms with van der Waals surface area (Å²) in [4.78, 5) is 25.6. The summed E-state index contributed by atoms with van der Waals surface area (Å²) in [5.41, 5.74) is 2.13. The molecule has 0 aromatic heterocycles. The largest absolute Gasteiger partial charge is 0.481 e. The topological polar surface area (TPSA) is 57.6 Å². The Labute approximate surface area is 125 Å². The zero-order valence-electron chi connectivity index (χ0n) is 12.9. The SMILES string of the molecule is CCc1ccc(C2C(C(=O)O)CCC(=O)N2C(C)C)cc1. The monoisotopic (exact) mass is 289 g/mol. The van der Waals surface area contributed by atoms with Crippen molar-refractivity contribution in [2.75, 3.05) is 0 Å². The fourth-order valence-corrected chi connectivity index (χ4v) is 3.13. The summed E-state index contributed by atoms with van der Waals surface area (Å²) in [7, 11) is 0. The van der Waals surface area contributed by atoms with Gasteiger partial charge in [-0.15, -0.1) is 0 Å². The Kier molecular flexibility index (Phi) is 4.66. The molecule has 1 aromatic carbocycles. The molecule has 1 aromatic rings. The first kappa shape index (κ1) is 15.5. The lowest BCUT2D eigenvalue weighted by Crippen LogP contribution is -2.48. The molecular formula is C17H23NO3. The van der Waals surface area contributed by atoms with Crippen LogP contribution in [0.1, 0.15) is 50.8 Å². The highest BCUT2D eigenvalue weighted by molar-refractivity contribution is 5.82. The standard InChI is InChI=1S/C17H23NO3/c1-4-12-5-7-13(8-6-12)16-14(17(20)21)9-10-15(19)18(16)11(2)3/h5-8,11,14,16H,4,9-10H2,1-3H3,(H,20,21). The number of carboxylic acid groups (broad SMARTS) is 1. The number of amides is 1. The van der Waals surface area contributed by atoms with Crippen molar-refractivity contribution in [1.82, 2.24) is 4.90 Å². The molecule has 1 amide bonds. The number of hydrogen-bond donors (Lipinski definition) is 1. The van der Waals surface area contributed by atoms with Crippen molar-refractivity contribution in [3.8, 4) is 0 Å². The first-order valence-electron chi connectivity index (χ1n) is 7.58. The molecule has 1 aliphatic rings. The number of carboxylic acids is 1. The molecule has 0 radical (unpaired) electrons. The number of carbonyl (C=O) groups is 2. The van der Waals surface area contributed by atoms with E-state index in [1.54, 1.807) is 4.90 Å². The number of nitrogens with zero attached hydrogens (tertiary/aromatic N) is 1. The summed E-state index contributed by atoms with van der Waals surface area (Å²) in [6, 6.07) is 7.60. The van der Waals surface area contributed by atoms with E-state index in [4.69, 9.17) is 0 Å². The maximum atomic E-state index is 12.2. The molecule has 0 aliphatic carbocycles. The van der Waals surface area contributed by atoms with Crippen molar-refractivity contribution in [1.29, 1.82) is 0 Å². The lowest BCUT2D eigenvalue weighted by Gasteiger charge is -2.42. The molecule has 0 bridgehead atoms. The summed E-state index contributed by atoms with van der Waals surface area (Å²) in [6.45, 7) is 5.96. The number of aryl methyl sites for hydroxylation is 1. The van der Waals surface area contributed by atoms with E-state index in [2.05, 4.69) is 6.92 Å². The molecule has 4 nitrogen and oxygen atoms in total. The van der Waals surface area contributed by atoms with Gasteiger partial charge in [-0.1, -0.05) is 31.2 Å². The number of rotatable bonds is 4. The summed E-state index contributed by atoms with van der Waals surface area (Å²) in [5, 5.41) is 9.52. The van der Waals surface area contributed by atoms with Crippen LogP contribution in [0.15, 0.2) is 24.3 Å². The van der Waals surface area contributed by atoms with Crippen molar-refractivity contribution in [3.05, 3.63) is 35.4 Å². The highest BCUT2D eigenvalue weighted by atomic mass is 16.4. The first-order chi connectivity index (χ1) is 9.95. The van der Waals surface area contributed by atoms with Gasteiger partial charge in [0, 0.05) is 12.5 Å². The molecule has 1 N–H and O–H groups in total. The molecule has 1 heterocycles. The Hall–Kier alpha value is -1.84. The predicted octanol–water partition coefficient (Wildman–Crippen LogP) is 3.02. The summed E-state index contributed by atoms with van der Waals surface area (Å²) >= 11 is 0. The Balaban J connectivity index is 2.43. The van der Waals surface area contributed by atoms with Crippen LogP contribution < -0.4 is 0 Å². The molecule has 1 saturated heterocycles. The highest BCUT2D eigenvalue weighted by Gasteiger charge is 2.41. The second kappa shape index (κ2) is 6.29. The summed E-state index contributed by atoms with van der Waals surface area (Å²) in [6.07, 6.45) is 1.68. The van der Waals surface area contributed by atoms with Crippen LogP contribution in [0, 0.1) is 5.92 Å².